The first-order valence-corrected chi connectivity index (χ1v) is 10.9. The summed E-state index contributed by atoms with van der Waals surface area (Å²) in [6.45, 7) is 1.82. The molecule has 0 bridgehead atoms. The van der Waals surface area contributed by atoms with E-state index in [1.54, 1.807) is 37.4 Å². The Morgan fingerprint density at radius 3 is 2.87 bits per heavy atom. The van der Waals surface area contributed by atoms with Gasteiger partial charge in [-0.2, -0.15) is 4.40 Å². The predicted octanol–water partition coefficient (Wildman–Crippen LogP) is 2.34. The first-order valence-electron chi connectivity index (χ1n) is 9.77. The Balaban J connectivity index is 1.41. The molecule has 0 aromatic heterocycles. The molecule has 30 heavy (non-hydrogen) atoms. The lowest BCUT2D eigenvalue weighted by Gasteiger charge is -2.33. The zero-order valence-electron chi connectivity index (χ0n) is 16.7. The van der Waals surface area contributed by atoms with Gasteiger partial charge in [0.25, 0.3) is 5.91 Å². The molecule has 0 radical (unpaired) electrons. The number of nitrogens with zero attached hydrogens (tertiary/aromatic N) is 2. The third-order valence-electron chi connectivity index (χ3n) is 5.28. The van der Waals surface area contributed by atoms with Crippen molar-refractivity contribution in [2.45, 2.75) is 12.8 Å². The van der Waals surface area contributed by atoms with Gasteiger partial charge in [-0.05, 0) is 49.2 Å². The van der Waals surface area contributed by atoms with Crippen molar-refractivity contribution >= 4 is 28.6 Å². The van der Waals surface area contributed by atoms with Crippen molar-refractivity contribution in [1.29, 1.82) is 0 Å². The number of carbonyl (C=O) groups is 1. The van der Waals surface area contributed by atoms with Crippen LogP contribution in [0.4, 0.5) is 5.69 Å². The Morgan fingerprint density at radius 1 is 1.30 bits per heavy atom. The molecule has 1 saturated heterocycles. The van der Waals surface area contributed by atoms with E-state index in [2.05, 4.69) is 9.12 Å². The summed E-state index contributed by atoms with van der Waals surface area (Å²) in [4.78, 5) is 14.7. The first-order chi connectivity index (χ1) is 14.5. The first kappa shape index (κ1) is 20.2. The molecule has 2 aromatic carbocycles. The molecule has 4 rings (SSSR count). The van der Waals surface area contributed by atoms with Gasteiger partial charge in [0.2, 0.25) is 11.2 Å². The van der Waals surface area contributed by atoms with Crippen LogP contribution < -0.4 is 19.9 Å². The number of nitrogens with two attached hydrogens (primary N) is 1. The molecule has 2 heterocycles. The van der Waals surface area contributed by atoms with Gasteiger partial charge >= 0.3 is 0 Å². The van der Waals surface area contributed by atoms with Crippen molar-refractivity contribution < 1.29 is 18.5 Å². The van der Waals surface area contributed by atoms with Crippen molar-refractivity contribution in [3.63, 3.8) is 0 Å². The third-order valence-corrected chi connectivity index (χ3v) is 6.04. The maximum absolute atomic E-state index is 12.9. The number of amidine groups is 1. The number of hydrogen-bond acceptors (Lipinski definition) is 5. The number of rotatable bonds is 5. The largest absolute Gasteiger partial charge is 0.497 e. The second-order valence-corrected chi connectivity index (χ2v) is 8.19. The normalized spacial score (nSPS) is 20.6. The minimum Gasteiger partial charge on any atom is -0.497 e. The number of benzene rings is 2. The fourth-order valence-electron chi connectivity index (χ4n) is 3.76. The zero-order chi connectivity index (χ0) is 21.1. The molecule has 158 valence electrons. The minimum atomic E-state index is -1.57. The summed E-state index contributed by atoms with van der Waals surface area (Å²) in [6.07, 6.45) is 1.90. The zero-order valence-corrected chi connectivity index (χ0v) is 17.5. The van der Waals surface area contributed by atoms with Gasteiger partial charge in [-0.25, -0.2) is 4.21 Å². The van der Waals surface area contributed by atoms with Crippen LogP contribution in [0.5, 0.6) is 11.5 Å². The van der Waals surface area contributed by atoms with E-state index in [4.69, 9.17) is 15.2 Å². The molecule has 9 heteroatoms. The smallest absolute Gasteiger partial charge is 0.253 e. The van der Waals surface area contributed by atoms with Crippen molar-refractivity contribution in [1.82, 2.24) is 4.90 Å². The van der Waals surface area contributed by atoms with Gasteiger partial charge in [-0.3, -0.25) is 9.52 Å². The monoisotopic (exact) mass is 428 g/mol. The molecule has 1 fully saturated rings. The quantitative estimate of drug-likeness (QED) is 0.760. The standard InChI is InChI=1S/C21H24N4O4S/c1-28-16-9-7-15(8-10-16)21(26)25-11-3-4-14(12-25)13-29-18-6-2-5-17-19(18)20(22)24-30(27)23-17/h2,5-10,14,23H,3-4,11-13H2,1H3,(H2,22,24)/t14-,30?/m0/s1. The summed E-state index contributed by atoms with van der Waals surface area (Å²) >= 11 is -1.57. The van der Waals surface area contributed by atoms with Crippen LogP contribution in [0.1, 0.15) is 28.8 Å². The second kappa shape index (κ2) is 8.74. The van der Waals surface area contributed by atoms with Crippen LogP contribution in [0, 0.1) is 5.92 Å². The topological polar surface area (TPSA) is 106 Å². The van der Waals surface area contributed by atoms with Crippen LogP contribution in [-0.4, -0.2) is 47.7 Å². The molecule has 2 aliphatic heterocycles. The number of hydrogen-bond donors (Lipinski definition) is 2. The van der Waals surface area contributed by atoms with E-state index >= 15 is 0 Å². The molecule has 2 aliphatic rings. The SMILES string of the molecule is COc1ccc(C(=O)N2CCC[C@H](COc3cccc4c3C(N)=NS(=O)N4)C2)cc1. The summed E-state index contributed by atoms with van der Waals surface area (Å²) < 4.78 is 29.5. The lowest BCUT2D eigenvalue weighted by molar-refractivity contribution is 0.0633. The van der Waals surface area contributed by atoms with Crippen LogP contribution in [0.15, 0.2) is 46.9 Å². The van der Waals surface area contributed by atoms with Gasteiger partial charge in [0.15, 0.2) is 0 Å². The van der Waals surface area contributed by atoms with Crippen molar-refractivity contribution in [3.05, 3.63) is 53.6 Å². The summed E-state index contributed by atoms with van der Waals surface area (Å²) in [6, 6.07) is 12.6. The molecule has 1 amide bonds. The molecule has 2 aromatic rings. The number of amides is 1. The highest BCUT2D eigenvalue weighted by molar-refractivity contribution is 7.85. The number of fused-ring (bicyclic) bond motifs is 1. The fourth-order valence-corrected chi connectivity index (χ4v) is 4.44. The van der Waals surface area contributed by atoms with E-state index in [1.165, 1.54) is 0 Å². The van der Waals surface area contributed by atoms with Crippen molar-refractivity contribution in [2.75, 3.05) is 31.5 Å². The van der Waals surface area contributed by atoms with E-state index in [-0.39, 0.29) is 17.7 Å². The molecule has 2 atom stereocenters. The number of ether oxygens (including phenoxy) is 2. The molecule has 3 N–H and O–H groups in total. The lowest BCUT2D eigenvalue weighted by Crippen LogP contribution is -2.41. The number of likely N-dealkylation sites (tertiary alicyclic amines) is 1. The van der Waals surface area contributed by atoms with E-state index in [1.807, 2.05) is 17.0 Å². The second-order valence-electron chi connectivity index (χ2n) is 7.31. The van der Waals surface area contributed by atoms with Gasteiger partial charge < -0.3 is 20.1 Å². The van der Waals surface area contributed by atoms with Crippen LogP contribution in [0.2, 0.25) is 0 Å². The molecule has 1 unspecified atom stereocenters. The number of carbonyl (C=O) groups excluding carboxylic acids is 1. The van der Waals surface area contributed by atoms with E-state index in [0.29, 0.717) is 35.7 Å². The maximum Gasteiger partial charge on any atom is 0.253 e. The highest BCUT2D eigenvalue weighted by Gasteiger charge is 2.26. The number of methoxy groups -OCH3 is 1. The average Bonchev–Trinajstić information content (AvgIpc) is 2.77. The molecule has 0 saturated carbocycles. The average molecular weight is 429 g/mol. The highest BCUT2D eigenvalue weighted by atomic mass is 32.2. The molecular weight excluding hydrogens is 404 g/mol. The summed E-state index contributed by atoms with van der Waals surface area (Å²) in [7, 11) is 1.60. The Morgan fingerprint density at radius 2 is 2.10 bits per heavy atom. The molecule has 0 aliphatic carbocycles. The van der Waals surface area contributed by atoms with E-state index in [0.717, 1.165) is 25.1 Å². The summed E-state index contributed by atoms with van der Waals surface area (Å²) in [5.41, 5.74) is 7.88. The Labute approximate surface area is 177 Å². The van der Waals surface area contributed by atoms with Gasteiger partial charge in [0, 0.05) is 24.6 Å². The Bertz CT molecular complexity index is 993. The maximum atomic E-state index is 12.9. The Kier molecular flexibility index (Phi) is 5.89. The molecule has 8 nitrogen and oxygen atoms in total. The van der Waals surface area contributed by atoms with Crippen LogP contribution in [0.3, 0.4) is 0 Å². The summed E-state index contributed by atoms with van der Waals surface area (Å²) in [5, 5.41) is 0. The van der Waals surface area contributed by atoms with E-state index in [9.17, 15) is 9.00 Å². The van der Waals surface area contributed by atoms with Crippen LogP contribution in [-0.2, 0) is 11.2 Å². The van der Waals surface area contributed by atoms with Crippen LogP contribution >= 0.6 is 0 Å². The van der Waals surface area contributed by atoms with Gasteiger partial charge in [-0.15, -0.1) is 0 Å². The molecular formula is C21H24N4O4S. The Hall–Kier alpha value is -3.07. The van der Waals surface area contributed by atoms with Gasteiger partial charge in [0.1, 0.15) is 17.3 Å². The number of piperidine rings is 1. The van der Waals surface area contributed by atoms with Crippen molar-refractivity contribution in [2.24, 2.45) is 16.0 Å². The molecule has 0 spiro atoms. The van der Waals surface area contributed by atoms with Crippen LogP contribution in [0.25, 0.3) is 0 Å². The lowest BCUT2D eigenvalue weighted by atomic mass is 9.98. The third kappa shape index (κ3) is 4.25. The van der Waals surface area contributed by atoms with E-state index < -0.39 is 11.2 Å². The predicted molar refractivity (Wildman–Crippen MR) is 116 cm³/mol. The highest BCUT2D eigenvalue weighted by Crippen LogP contribution is 2.30. The van der Waals surface area contributed by atoms with Gasteiger partial charge in [-0.1, -0.05) is 6.07 Å². The van der Waals surface area contributed by atoms with Gasteiger partial charge in [0.05, 0.1) is 25.0 Å². The summed E-state index contributed by atoms with van der Waals surface area (Å²) in [5.74, 6) is 1.74. The van der Waals surface area contributed by atoms with Crippen molar-refractivity contribution in [3.8, 4) is 11.5 Å². The number of nitrogens with one attached hydrogen (secondary N) is 1. The fraction of sp³-hybridized carbons (Fsp3) is 0.333. The minimum absolute atomic E-state index is 0.0162. The number of anilines is 1.